The van der Waals surface area contributed by atoms with Gasteiger partial charge in [0.15, 0.2) is 0 Å². The number of aryl methyl sites for hydroxylation is 1. The maximum atomic E-state index is 12.9. The van der Waals surface area contributed by atoms with Gasteiger partial charge in [-0.1, -0.05) is 44.5 Å². The molecule has 2 aromatic rings. The second-order valence-corrected chi connectivity index (χ2v) is 9.17. The Morgan fingerprint density at radius 3 is 2.45 bits per heavy atom. The van der Waals surface area contributed by atoms with Crippen molar-refractivity contribution in [3.8, 4) is 0 Å². The fourth-order valence-corrected chi connectivity index (χ4v) is 5.07. The van der Waals surface area contributed by atoms with Crippen molar-refractivity contribution in [2.24, 2.45) is 0 Å². The smallest absolute Gasteiger partial charge is 0.414 e. The van der Waals surface area contributed by atoms with Crippen LogP contribution in [-0.4, -0.2) is 24.5 Å². The Morgan fingerprint density at radius 1 is 1.06 bits per heavy atom. The summed E-state index contributed by atoms with van der Waals surface area (Å²) in [4.78, 5) is 38.5. The summed E-state index contributed by atoms with van der Waals surface area (Å²) in [7, 11) is 0. The molecule has 3 amide bonds. The molecule has 0 atom stereocenters. The van der Waals surface area contributed by atoms with Crippen molar-refractivity contribution in [1.29, 1.82) is 0 Å². The number of rotatable bonds is 6. The van der Waals surface area contributed by atoms with Crippen LogP contribution < -0.4 is 10.6 Å². The molecule has 0 saturated heterocycles. The van der Waals surface area contributed by atoms with E-state index in [1.807, 2.05) is 24.3 Å². The molecule has 2 N–H and O–H groups in total. The van der Waals surface area contributed by atoms with E-state index in [-0.39, 0.29) is 18.9 Å². The number of anilines is 1. The van der Waals surface area contributed by atoms with Crippen LogP contribution in [0.1, 0.15) is 77.9 Å². The van der Waals surface area contributed by atoms with Crippen LogP contribution in [0, 0.1) is 0 Å². The maximum Gasteiger partial charge on any atom is 0.414 e. The van der Waals surface area contributed by atoms with Crippen molar-refractivity contribution in [3.05, 3.63) is 51.4 Å². The molecule has 1 aromatic heterocycles. The van der Waals surface area contributed by atoms with Gasteiger partial charge < -0.3 is 10.1 Å². The minimum Gasteiger partial charge on any atom is -0.450 e. The van der Waals surface area contributed by atoms with Gasteiger partial charge in [0.2, 0.25) is 5.91 Å². The van der Waals surface area contributed by atoms with Gasteiger partial charge in [-0.05, 0) is 55.2 Å². The van der Waals surface area contributed by atoms with E-state index in [0.29, 0.717) is 16.5 Å². The number of imide groups is 1. The quantitative estimate of drug-likeness (QED) is 0.602. The first-order valence-electron chi connectivity index (χ1n) is 10.9. The number of carbonyl (C=O) groups excluding carboxylic acids is 3. The van der Waals surface area contributed by atoms with Gasteiger partial charge in [-0.3, -0.25) is 14.9 Å². The third-order valence-electron chi connectivity index (χ3n) is 5.40. The average Bonchev–Trinajstić information content (AvgIpc) is 2.88. The molecule has 1 heterocycles. The fraction of sp³-hybridized carbons (Fsp3) is 0.458. The average molecular weight is 443 g/mol. The first-order chi connectivity index (χ1) is 14.9. The largest absolute Gasteiger partial charge is 0.450 e. The van der Waals surface area contributed by atoms with Gasteiger partial charge >= 0.3 is 6.09 Å². The molecule has 0 unspecified atom stereocenters. The van der Waals surface area contributed by atoms with Gasteiger partial charge in [0.05, 0.1) is 18.6 Å². The van der Waals surface area contributed by atoms with Crippen molar-refractivity contribution >= 4 is 34.2 Å². The summed E-state index contributed by atoms with van der Waals surface area (Å²) in [5.41, 5.74) is 3.49. The summed E-state index contributed by atoms with van der Waals surface area (Å²) < 4.78 is 4.85. The van der Waals surface area contributed by atoms with Crippen LogP contribution in [0.5, 0.6) is 0 Å². The molecule has 0 bridgehead atoms. The van der Waals surface area contributed by atoms with Crippen LogP contribution in [0.3, 0.4) is 0 Å². The summed E-state index contributed by atoms with van der Waals surface area (Å²) in [5.74, 6) is -0.266. The van der Waals surface area contributed by atoms with Crippen molar-refractivity contribution in [2.45, 2.75) is 65.2 Å². The predicted octanol–water partition coefficient (Wildman–Crippen LogP) is 5.21. The predicted molar refractivity (Wildman–Crippen MR) is 123 cm³/mol. The van der Waals surface area contributed by atoms with E-state index in [9.17, 15) is 14.4 Å². The molecule has 7 heteroatoms. The summed E-state index contributed by atoms with van der Waals surface area (Å²) >= 11 is 1.44. The number of hydrogen-bond acceptors (Lipinski definition) is 5. The molecule has 1 aliphatic carbocycles. The van der Waals surface area contributed by atoms with E-state index in [2.05, 4.69) is 24.5 Å². The maximum absolute atomic E-state index is 12.9. The third kappa shape index (κ3) is 5.94. The van der Waals surface area contributed by atoms with Crippen LogP contribution in [0.2, 0.25) is 0 Å². The van der Waals surface area contributed by atoms with E-state index in [0.717, 1.165) is 48.1 Å². The van der Waals surface area contributed by atoms with E-state index in [1.54, 1.807) is 6.92 Å². The lowest BCUT2D eigenvalue weighted by Gasteiger charge is -2.10. The number of carbonyl (C=O) groups is 3. The Kier molecular flexibility index (Phi) is 7.85. The molecule has 3 rings (SSSR count). The normalized spacial score (nSPS) is 13.3. The third-order valence-corrected chi connectivity index (χ3v) is 6.61. The summed E-state index contributed by atoms with van der Waals surface area (Å²) in [6.07, 6.45) is 4.24. The Hall–Kier alpha value is -2.67. The number of nitrogens with one attached hydrogen (secondary N) is 2. The monoisotopic (exact) mass is 442 g/mol. The number of alkyl carbamates (subject to hydrolysis) is 1. The Balaban J connectivity index is 1.79. The van der Waals surface area contributed by atoms with Gasteiger partial charge in [0.25, 0.3) is 5.91 Å². The minimum absolute atomic E-state index is 0.181. The number of ether oxygens (including phenoxy) is 1. The van der Waals surface area contributed by atoms with Crippen LogP contribution in [0.25, 0.3) is 0 Å². The lowest BCUT2D eigenvalue weighted by Crippen LogP contribution is -2.32. The highest BCUT2D eigenvalue weighted by Gasteiger charge is 2.27. The number of benzene rings is 1. The molecule has 6 nitrogen and oxygen atoms in total. The molecule has 166 valence electrons. The van der Waals surface area contributed by atoms with Crippen molar-refractivity contribution in [2.75, 3.05) is 11.9 Å². The second-order valence-electron chi connectivity index (χ2n) is 8.06. The Bertz CT molecular complexity index is 947. The highest BCUT2D eigenvalue weighted by molar-refractivity contribution is 7.17. The molecule has 0 aliphatic heterocycles. The minimum atomic E-state index is -0.774. The molecular weight excluding hydrogens is 412 g/mol. The van der Waals surface area contributed by atoms with Crippen LogP contribution in [-0.2, 0) is 28.8 Å². The summed E-state index contributed by atoms with van der Waals surface area (Å²) in [5, 5.41) is 5.73. The molecule has 1 aromatic carbocycles. The van der Waals surface area contributed by atoms with Gasteiger partial charge in [-0.25, -0.2) is 4.79 Å². The lowest BCUT2D eigenvalue weighted by atomic mass is 10.0. The van der Waals surface area contributed by atoms with Gasteiger partial charge in [0, 0.05) is 4.88 Å². The molecular formula is C24H30N2O4S. The topological polar surface area (TPSA) is 84.5 Å². The standard InChI is InChI=1S/C24H30N2O4S/c1-4-30-24(29)26-22(28)21-18-8-6-5-7-9-19(18)31-23(21)25-20(27)14-16-10-12-17(13-11-16)15(2)3/h10-13,15H,4-9,14H2,1-3H3,(H,25,27)(H,26,28,29). The molecule has 0 radical (unpaired) electrons. The SMILES string of the molecule is CCOC(=O)NC(=O)c1c(NC(=O)Cc2ccc(C(C)C)cc2)sc2c1CCCCC2. The number of thiophene rings is 1. The van der Waals surface area contributed by atoms with E-state index in [1.165, 1.54) is 16.9 Å². The first-order valence-corrected chi connectivity index (χ1v) is 11.7. The molecule has 0 spiro atoms. The number of amides is 3. The van der Waals surface area contributed by atoms with Crippen LogP contribution >= 0.6 is 11.3 Å². The molecule has 0 saturated carbocycles. The zero-order valence-electron chi connectivity index (χ0n) is 18.4. The number of fused-ring (bicyclic) bond motifs is 1. The van der Waals surface area contributed by atoms with Crippen molar-refractivity contribution < 1.29 is 19.1 Å². The summed E-state index contributed by atoms with van der Waals surface area (Å²) in [6.45, 7) is 6.12. The molecule has 1 aliphatic rings. The Morgan fingerprint density at radius 2 is 1.77 bits per heavy atom. The fourth-order valence-electron chi connectivity index (χ4n) is 3.77. The van der Waals surface area contributed by atoms with E-state index >= 15 is 0 Å². The van der Waals surface area contributed by atoms with Crippen LogP contribution in [0.15, 0.2) is 24.3 Å². The highest BCUT2D eigenvalue weighted by Crippen LogP contribution is 2.37. The van der Waals surface area contributed by atoms with Crippen molar-refractivity contribution in [1.82, 2.24) is 5.32 Å². The zero-order chi connectivity index (χ0) is 22.4. The Labute approximate surface area is 187 Å². The van der Waals surface area contributed by atoms with E-state index < -0.39 is 12.0 Å². The molecule has 0 fully saturated rings. The first kappa shape index (κ1) is 23.0. The second kappa shape index (κ2) is 10.6. The highest BCUT2D eigenvalue weighted by atomic mass is 32.1. The number of hydrogen-bond donors (Lipinski definition) is 2. The zero-order valence-corrected chi connectivity index (χ0v) is 19.2. The summed E-state index contributed by atoms with van der Waals surface area (Å²) in [6, 6.07) is 8.01. The van der Waals surface area contributed by atoms with Gasteiger partial charge in [-0.2, -0.15) is 0 Å². The molecule has 31 heavy (non-hydrogen) atoms. The van der Waals surface area contributed by atoms with Crippen LogP contribution in [0.4, 0.5) is 9.80 Å². The lowest BCUT2D eigenvalue weighted by molar-refractivity contribution is -0.115. The van der Waals surface area contributed by atoms with Crippen molar-refractivity contribution in [3.63, 3.8) is 0 Å². The van der Waals surface area contributed by atoms with Gasteiger partial charge in [-0.15, -0.1) is 11.3 Å². The van der Waals surface area contributed by atoms with E-state index in [4.69, 9.17) is 4.74 Å². The van der Waals surface area contributed by atoms with Gasteiger partial charge in [0.1, 0.15) is 5.00 Å².